The molecule has 2 aliphatic rings. The van der Waals surface area contributed by atoms with E-state index in [1.807, 2.05) is 60.7 Å². The van der Waals surface area contributed by atoms with Crippen LogP contribution in [-0.4, -0.2) is 68.7 Å². The molecule has 372 valence electrons. The fraction of sp³-hybridized carbons (Fsp3) is 0.188. The van der Waals surface area contributed by atoms with E-state index in [4.69, 9.17) is 18.8 Å². The third kappa shape index (κ3) is 8.91. The molecule has 2 amide bonds. The van der Waals surface area contributed by atoms with E-state index in [9.17, 15) is 19.8 Å². The zero-order valence-electron chi connectivity index (χ0n) is 41.6. The number of carbonyl (C=O) groups excluding carboxylic acids is 2. The summed E-state index contributed by atoms with van der Waals surface area (Å²) in [5.41, 5.74) is 5.85. The van der Waals surface area contributed by atoms with E-state index in [-0.39, 0.29) is 47.3 Å². The zero-order valence-corrected chi connectivity index (χ0v) is 41.6. The molecule has 4 N–H and O–H groups in total. The summed E-state index contributed by atoms with van der Waals surface area (Å²) < 4.78 is 25.9. The van der Waals surface area contributed by atoms with Gasteiger partial charge in [0.25, 0.3) is 11.8 Å². The lowest BCUT2D eigenvalue weighted by atomic mass is 9.75. The highest BCUT2D eigenvalue weighted by molar-refractivity contribution is 6.67. The molecular weight excluding hydrogens is 936 g/mol. The second-order valence-corrected chi connectivity index (χ2v) is 19.8. The quantitative estimate of drug-likeness (QED) is 0.0725. The van der Waals surface area contributed by atoms with Crippen molar-refractivity contribution in [1.82, 2.24) is 10.6 Å². The van der Waals surface area contributed by atoms with Crippen molar-refractivity contribution in [3.05, 3.63) is 197 Å². The number of nitrogens with one attached hydrogen (secondary N) is 2. The summed E-state index contributed by atoms with van der Waals surface area (Å²) in [6.07, 6.45) is 2.41. The number of phenols is 2. The van der Waals surface area contributed by atoms with Gasteiger partial charge in [-0.3, -0.25) is 9.59 Å². The van der Waals surface area contributed by atoms with Crippen LogP contribution in [0.15, 0.2) is 164 Å². The van der Waals surface area contributed by atoms with E-state index in [1.54, 1.807) is 12.1 Å². The Labute approximate surface area is 434 Å². The Morgan fingerprint density at radius 3 is 1.39 bits per heavy atom. The molecule has 10 aromatic carbocycles. The van der Waals surface area contributed by atoms with Crippen LogP contribution in [0.3, 0.4) is 0 Å². The van der Waals surface area contributed by atoms with Crippen LogP contribution in [0.5, 0.6) is 23.0 Å². The molecule has 10 nitrogen and oxygen atoms in total. The molecule has 0 radical (unpaired) electrons. The average molecular weight is 991 g/mol. The number of hydrogen-bond acceptors (Lipinski definition) is 8. The van der Waals surface area contributed by atoms with E-state index >= 15 is 0 Å². The van der Waals surface area contributed by atoms with Crippen LogP contribution in [0.2, 0.25) is 0 Å². The number of fused-ring (bicyclic) bond motifs is 11. The Morgan fingerprint density at radius 1 is 0.440 bits per heavy atom. The Balaban J connectivity index is 0.971. The molecular formula is C64H55BN2O8. The summed E-state index contributed by atoms with van der Waals surface area (Å²) in [4.78, 5) is 27.6. The molecule has 0 saturated carbocycles. The van der Waals surface area contributed by atoms with E-state index < -0.39 is 7.12 Å². The van der Waals surface area contributed by atoms with Crippen molar-refractivity contribution in [1.29, 1.82) is 0 Å². The Morgan fingerprint density at radius 2 is 0.867 bits per heavy atom. The van der Waals surface area contributed by atoms with Crippen molar-refractivity contribution < 1.29 is 38.6 Å². The van der Waals surface area contributed by atoms with E-state index in [0.717, 1.165) is 87.0 Å². The summed E-state index contributed by atoms with van der Waals surface area (Å²) >= 11 is 0. The van der Waals surface area contributed by atoms with Crippen molar-refractivity contribution in [2.24, 2.45) is 0 Å². The van der Waals surface area contributed by atoms with Crippen LogP contribution in [0, 0.1) is 0 Å². The van der Waals surface area contributed by atoms with Gasteiger partial charge in [-0.05, 0) is 115 Å². The SMILES string of the molecule is C=C1Cc2c(O)c(cc3ccccc23)C(=O)NCCCOCCOCCCNC(=O)c2cc3ccccc3c(c2O)CC(=C)Cc2c3c(c(c4ccccc24)C1)OB(c1ccc2ccc4cccc5ccc1c2c45)O3. The van der Waals surface area contributed by atoms with Crippen LogP contribution >= 0.6 is 0 Å². The zero-order chi connectivity index (χ0) is 51.2. The lowest BCUT2D eigenvalue weighted by molar-refractivity contribution is 0.0458. The maximum atomic E-state index is 13.8. The minimum Gasteiger partial charge on any atom is -0.519 e. The predicted octanol–water partition coefficient (Wildman–Crippen LogP) is 11.6. The van der Waals surface area contributed by atoms with Gasteiger partial charge in [0.2, 0.25) is 0 Å². The first kappa shape index (κ1) is 47.6. The van der Waals surface area contributed by atoms with Crippen LogP contribution in [-0.2, 0) is 35.2 Å². The van der Waals surface area contributed by atoms with E-state index in [2.05, 4.69) is 90.5 Å². The Hall–Kier alpha value is -8.38. The molecule has 0 fully saturated rings. The minimum atomic E-state index is -0.816. The van der Waals surface area contributed by atoms with Gasteiger partial charge in [-0.15, -0.1) is 0 Å². The number of hydrogen-bond donors (Lipinski definition) is 4. The molecule has 75 heavy (non-hydrogen) atoms. The highest BCUT2D eigenvalue weighted by Gasteiger charge is 2.40. The maximum absolute atomic E-state index is 13.8. The maximum Gasteiger partial charge on any atom is 0.633 e. The molecule has 0 unspecified atom stereocenters. The van der Waals surface area contributed by atoms with Gasteiger partial charge in [-0.25, -0.2) is 0 Å². The van der Waals surface area contributed by atoms with Crippen molar-refractivity contribution in [3.63, 3.8) is 0 Å². The number of phenolic OH excluding ortho intramolecular Hbond substituents is 2. The number of ether oxygens (including phenoxy) is 2. The van der Waals surface area contributed by atoms with Crippen LogP contribution in [0.1, 0.15) is 55.8 Å². The average Bonchev–Trinajstić information content (AvgIpc) is 3.93. The van der Waals surface area contributed by atoms with Crippen molar-refractivity contribution in [3.8, 4) is 23.0 Å². The number of aromatic hydroxyl groups is 2. The Kier molecular flexibility index (Phi) is 12.8. The molecule has 10 aromatic rings. The lowest BCUT2D eigenvalue weighted by Gasteiger charge is -2.20. The second-order valence-electron chi connectivity index (χ2n) is 19.8. The predicted molar refractivity (Wildman–Crippen MR) is 301 cm³/mol. The van der Waals surface area contributed by atoms with Gasteiger partial charge in [0.05, 0.1) is 24.3 Å². The fourth-order valence-corrected chi connectivity index (χ4v) is 11.4. The molecule has 2 aliphatic heterocycles. The first-order valence-electron chi connectivity index (χ1n) is 25.8. The van der Waals surface area contributed by atoms with Crippen molar-refractivity contribution in [2.75, 3.05) is 39.5 Å². The topological polar surface area (TPSA) is 136 Å². The van der Waals surface area contributed by atoms with Gasteiger partial charge in [-0.1, -0.05) is 152 Å². The monoisotopic (exact) mass is 990 g/mol. The van der Waals surface area contributed by atoms with Gasteiger partial charge < -0.3 is 39.6 Å². The largest absolute Gasteiger partial charge is 0.633 e. The van der Waals surface area contributed by atoms with Crippen LogP contribution < -0.4 is 25.4 Å². The summed E-state index contributed by atoms with van der Waals surface area (Å²) in [6, 6.07) is 46.5. The number of carbonyl (C=O) groups is 2. The van der Waals surface area contributed by atoms with Crippen molar-refractivity contribution >= 4 is 89.0 Å². The van der Waals surface area contributed by atoms with E-state index in [0.29, 0.717) is 87.8 Å². The number of rotatable bonds is 1. The highest BCUT2D eigenvalue weighted by atomic mass is 16.6. The van der Waals surface area contributed by atoms with Gasteiger partial charge in [0.15, 0.2) is 0 Å². The molecule has 2 heterocycles. The number of amides is 2. The Bertz CT molecular complexity index is 3750. The van der Waals surface area contributed by atoms with Gasteiger partial charge in [0, 0.05) is 54.0 Å². The third-order valence-electron chi connectivity index (χ3n) is 14.9. The molecule has 0 aromatic heterocycles. The first-order chi connectivity index (χ1) is 36.7. The second kappa shape index (κ2) is 20.2. The normalized spacial score (nSPS) is 15.9. The molecule has 0 spiro atoms. The smallest absolute Gasteiger partial charge is 0.519 e. The van der Waals surface area contributed by atoms with Crippen molar-refractivity contribution in [2.45, 2.75) is 38.5 Å². The minimum absolute atomic E-state index is 0.0815. The molecule has 0 aliphatic carbocycles. The molecule has 12 rings (SSSR count). The third-order valence-corrected chi connectivity index (χ3v) is 14.9. The standard InChI is InChI=1S/C64H55BN2O8/c1-38-32-50-45-16-5-3-12-43(45)36-54(59(50)68)63(70)66-26-10-28-72-30-31-73-29-11-27-67-64(71)55-37-44-13-4-6-17-46(44)51(60(55)69)33-39(2)35-53-48-19-8-7-18-47(48)52(34-38)61-62(53)75-65(74-61)56-25-23-42-21-20-40-14-9-15-41-22-24-49(56)58(42)57(40)41/h3-9,12-25,36-37,68-69H,1-2,10-11,26-35H2,(H,66,70)(H,67,71). The van der Waals surface area contributed by atoms with Gasteiger partial charge >= 0.3 is 7.12 Å². The van der Waals surface area contributed by atoms with Gasteiger partial charge in [0.1, 0.15) is 23.0 Å². The summed E-state index contributed by atoms with van der Waals surface area (Å²) in [5.74, 6) is 0.275. The first-order valence-corrected chi connectivity index (χ1v) is 25.8. The molecule has 11 heteroatoms. The van der Waals surface area contributed by atoms with Gasteiger partial charge in [-0.2, -0.15) is 0 Å². The lowest BCUT2D eigenvalue weighted by Crippen LogP contribution is -2.39. The van der Waals surface area contributed by atoms with Crippen LogP contribution in [0.25, 0.3) is 64.6 Å². The number of allylic oxidation sites excluding steroid dienone is 2. The summed E-state index contributed by atoms with van der Waals surface area (Å²) in [6.45, 7) is 11.6. The summed E-state index contributed by atoms with van der Waals surface area (Å²) in [5, 5.41) is 42.0. The number of benzene rings is 10. The van der Waals surface area contributed by atoms with E-state index in [1.165, 1.54) is 5.39 Å². The molecule has 0 atom stereocenters. The molecule has 0 saturated heterocycles. The fourth-order valence-electron chi connectivity index (χ4n) is 11.4. The molecule has 6 bridgehead atoms. The van der Waals surface area contributed by atoms with Crippen LogP contribution in [0.4, 0.5) is 0 Å². The summed E-state index contributed by atoms with van der Waals surface area (Å²) in [7, 11) is -0.816. The highest BCUT2D eigenvalue weighted by Crippen LogP contribution is 2.49.